The molecule has 2 aromatic rings. The first kappa shape index (κ1) is 18.9. The highest BCUT2D eigenvalue weighted by molar-refractivity contribution is 7.89. The molecule has 1 aliphatic heterocycles. The lowest BCUT2D eigenvalue weighted by atomic mass is 9.97. The number of piperidine rings is 1. The maximum atomic E-state index is 12.5. The van der Waals surface area contributed by atoms with Crippen molar-refractivity contribution in [2.24, 2.45) is 5.92 Å². The average Bonchev–Trinajstić information content (AvgIpc) is 3.10. The monoisotopic (exact) mass is 398 g/mol. The van der Waals surface area contributed by atoms with E-state index in [9.17, 15) is 8.42 Å². The predicted molar refractivity (Wildman–Crippen MR) is 104 cm³/mol. The van der Waals surface area contributed by atoms with E-state index >= 15 is 0 Å². The molecule has 0 bridgehead atoms. The molecular formula is C18H23ClN2O2S2. The van der Waals surface area contributed by atoms with Crippen LogP contribution in [0.25, 0.3) is 0 Å². The maximum absolute atomic E-state index is 12.5. The molecule has 1 aromatic carbocycles. The molecular weight excluding hydrogens is 376 g/mol. The van der Waals surface area contributed by atoms with Gasteiger partial charge in [0.15, 0.2) is 0 Å². The summed E-state index contributed by atoms with van der Waals surface area (Å²) in [5.41, 5.74) is 0.599. The predicted octanol–water partition coefficient (Wildman–Crippen LogP) is 3.90. The van der Waals surface area contributed by atoms with Crippen molar-refractivity contribution in [3.8, 4) is 0 Å². The van der Waals surface area contributed by atoms with Gasteiger partial charge in [-0.3, -0.25) is 4.90 Å². The summed E-state index contributed by atoms with van der Waals surface area (Å²) in [6.07, 6.45) is 2.03. The lowest BCUT2D eigenvalue weighted by molar-refractivity contribution is 0.180. The molecule has 4 nitrogen and oxygen atoms in total. The summed E-state index contributed by atoms with van der Waals surface area (Å²) in [6, 6.07) is 9.23. The van der Waals surface area contributed by atoms with Gasteiger partial charge < -0.3 is 0 Å². The van der Waals surface area contributed by atoms with Crippen LogP contribution < -0.4 is 4.72 Å². The van der Waals surface area contributed by atoms with E-state index in [1.807, 2.05) is 0 Å². The van der Waals surface area contributed by atoms with E-state index < -0.39 is 10.0 Å². The molecule has 25 heavy (non-hydrogen) atoms. The van der Waals surface area contributed by atoms with Gasteiger partial charge in [-0.2, -0.15) is 0 Å². The fourth-order valence-corrected chi connectivity index (χ4v) is 5.51. The largest absolute Gasteiger partial charge is 0.298 e. The number of nitrogens with one attached hydrogen (secondary N) is 1. The van der Waals surface area contributed by atoms with Gasteiger partial charge in [-0.25, -0.2) is 13.1 Å². The van der Waals surface area contributed by atoms with Crippen LogP contribution in [-0.2, 0) is 16.6 Å². The lowest BCUT2D eigenvalue weighted by Gasteiger charge is -2.31. The number of thiophene rings is 1. The van der Waals surface area contributed by atoms with Crippen molar-refractivity contribution in [3.05, 3.63) is 51.2 Å². The van der Waals surface area contributed by atoms with E-state index in [1.165, 1.54) is 4.88 Å². The van der Waals surface area contributed by atoms with Crippen molar-refractivity contribution in [2.75, 3.05) is 19.6 Å². The van der Waals surface area contributed by atoms with Crippen LogP contribution in [0.4, 0.5) is 0 Å². The third-order valence-corrected chi connectivity index (χ3v) is 7.57. The fraction of sp³-hybridized carbons (Fsp3) is 0.444. The van der Waals surface area contributed by atoms with Crippen LogP contribution in [-0.4, -0.2) is 33.0 Å². The molecule has 2 heterocycles. The molecule has 7 heteroatoms. The lowest BCUT2D eigenvalue weighted by Crippen LogP contribution is -2.38. The first-order valence-electron chi connectivity index (χ1n) is 8.45. The SMILES string of the molecule is Cc1c(Cl)cccc1S(=O)(=O)NCC1CCN(Cc2cccs2)CC1. The topological polar surface area (TPSA) is 49.4 Å². The van der Waals surface area contributed by atoms with Crippen molar-refractivity contribution >= 4 is 33.0 Å². The Hall–Kier alpha value is -0.920. The highest BCUT2D eigenvalue weighted by Gasteiger charge is 2.23. The molecule has 0 saturated carbocycles. The van der Waals surface area contributed by atoms with Crippen LogP contribution in [0, 0.1) is 12.8 Å². The Morgan fingerprint density at radius 3 is 2.68 bits per heavy atom. The highest BCUT2D eigenvalue weighted by Crippen LogP contribution is 2.24. The molecule has 0 atom stereocenters. The summed E-state index contributed by atoms with van der Waals surface area (Å²) in [6.45, 7) is 5.25. The number of rotatable bonds is 6. The minimum absolute atomic E-state index is 0.273. The van der Waals surface area contributed by atoms with Crippen LogP contribution in [0.1, 0.15) is 23.3 Å². The number of hydrogen-bond acceptors (Lipinski definition) is 4. The van der Waals surface area contributed by atoms with E-state index in [0.29, 0.717) is 23.0 Å². The van der Waals surface area contributed by atoms with Gasteiger partial charge in [-0.05, 0) is 67.9 Å². The highest BCUT2D eigenvalue weighted by atomic mass is 35.5. The van der Waals surface area contributed by atoms with Gasteiger partial charge in [-0.15, -0.1) is 11.3 Å². The molecule has 1 N–H and O–H groups in total. The molecule has 0 aliphatic carbocycles. The molecule has 136 valence electrons. The molecule has 1 saturated heterocycles. The Labute approximate surface area is 158 Å². The summed E-state index contributed by atoms with van der Waals surface area (Å²) < 4.78 is 27.9. The Morgan fingerprint density at radius 1 is 1.24 bits per heavy atom. The number of halogens is 1. The van der Waals surface area contributed by atoms with Gasteiger partial charge in [0.1, 0.15) is 0 Å². The van der Waals surface area contributed by atoms with Crippen LogP contribution in [0.15, 0.2) is 40.6 Å². The molecule has 3 rings (SSSR count). The molecule has 1 aliphatic rings. The second kappa shape index (κ2) is 8.18. The van der Waals surface area contributed by atoms with Crippen LogP contribution >= 0.6 is 22.9 Å². The van der Waals surface area contributed by atoms with Gasteiger partial charge in [0.25, 0.3) is 0 Å². The van der Waals surface area contributed by atoms with Gasteiger partial charge in [0, 0.05) is 23.0 Å². The van der Waals surface area contributed by atoms with E-state index in [0.717, 1.165) is 32.5 Å². The van der Waals surface area contributed by atoms with Crippen molar-refractivity contribution in [1.82, 2.24) is 9.62 Å². The van der Waals surface area contributed by atoms with Crippen LogP contribution in [0.3, 0.4) is 0 Å². The second-order valence-corrected chi connectivity index (χ2v) is 9.69. The zero-order valence-corrected chi connectivity index (χ0v) is 16.6. The van der Waals surface area contributed by atoms with Crippen molar-refractivity contribution in [2.45, 2.75) is 31.2 Å². The smallest absolute Gasteiger partial charge is 0.240 e. The Balaban J connectivity index is 1.51. The van der Waals surface area contributed by atoms with Gasteiger partial charge in [0.2, 0.25) is 10.0 Å². The van der Waals surface area contributed by atoms with Gasteiger partial charge >= 0.3 is 0 Å². The quantitative estimate of drug-likeness (QED) is 0.802. The average molecular weight is 399 g/mol. The summed E-state index contributed by atoms with van der Waals surface area (Å²) in [4.78, 5) is 4.10. The van der Waals surface area contributed by atoms with E-state index in [-0.39, 0.29) is 4.90 Å². The minimum atomic E-state index is -3.51. The molecule has 0 spiro atoms. The van der Waals surface area contributed by atoms with Crippen molar-refractivity contribution in [1.29, 1.82) is 0 Å². The fourth-order valence-electron chi connectivity index (χ4n) is 3.16. The first-order chi connectivity index (χ1) is 12.0. The minimum Gasteiger partial charge on any atom is -0.298 e. The third-order valence-electron chi connectivity index (χ3n) is 4.74. The number of sulfonamides is 1. The summed E-state index contributed by atoms with van der Waals surface area (Å²) >= 11 is 7.83. The summed E-state index contributed by atoms with van der Waals surface area (Å²) in [7, 11) is -3.51. The van der Waals surface area contributed by atoms with Crippen molar-refractivity contribution < 1.29 is 8.42 Å². The number of nitrogens with zero attached hydrogens (tertiary/aromatic N) is 1. The molecule has 1 aromatic heterocycles. The first-order valence-corrected chi connectivity index (χ1v) is 11.2. The van der Waals surface area contributed by atoms with Crippen molar-refractivity contribution in [3.63, 3.8) is 0 Å². The third kappa shape index (κ3) is 4.83. The molecule has 0 radical (unpaired) electrons. The normalized spacial score (nSPS) is 17.0. The zero-order valence-electron chi connectivity index (χ0n) is 14.2. The van der Waals surface area contributed by atoms with Gasteiger partial charge in [0.05, 0.1) is 4.90 Å². The van der Waals surface area contributed by atoms with Crippen LogP contribution in [0.2, 0.25) is 5.02 Å². The Bertz CT molecular complexity index is 798. The maximum Gasteiger partial charge on any atom is 0.240 e. The zero-order chi connectivity index (χ0) is 17.9. The number of hydrogen-bond donors (Lipinski definition) is 1. The Kier molecular flexibility index (Phi) is 6.17. The van der Waals surface area contributed by atoms with E-state index in [4.69, 9.17) is 11.6 Å². The van der Waals surface area contributed by atoms with E-state index in [1.54, 1.807) is 36.5 Å². The number of benzene rings is 1. The summed E-state index contributed by atoms with van der Waals surface area (Å²) in [5.74, 6) is 0.383. The Morgan fingerprint density at radius 2 is 2.00 bits per heavy atom. The van der Waals surface area contributed by atoms with Crippen LogP contribution in [0.5, 0.6) is 0 Å². The van der Waals surface area contributed by atoms with E-state index in [2.05, 4.69) is 27.1 Å². The number of likely N-dealkylation sites (tertiary alicyclic amines) is 1. The molecule has 1 fully saturated rings. The standard InChI is InChI=1S/C18H23ClN2O2S2/c1-14-17(19)5-2-6-18(14)25(22,23)20-12-15-7-9-21(10-8-15)13-16-4-3-11-24-16/h2-6,11,15,20H,7-10,12-13H2,1H3. The molecule has 0 unspecified atom stereocenters. The summed E-state index contributed by atoms with van der Waals surface area (Å²) in [5, 5.41) is 2.58. The molecule has 0 amide bonds. The van der Waals surface area contributed by atoms with Gasteiger partial charge in [-0.1, -0.05) is 23.7 Å². The second-order valence-electron chi connectivity index (χ2n) is 6.51.